The number of carbonyl (C=O) groups is 1. The van der Waals surface area contributed by atoms with Crippen LogP contribution in [0.1, 0.15) is 23.7 Å². The topological polar surface area (TPSA) is 97.2 Å². The SMILES string of the molecule is CC[C@H](CO)NC[C@@H](O)COc1ccc(C(=O)OC)cc1OC. The van der Waals surface area contributed by atoms with Crippen molar-refractivity contribution in [2.24, 2.45) is 0 Å². The van der Waals surface area contributed by atoms with Crippen LogP contribution >= 0.6 is 0 Å². The minimum absolute atomic E-state index is 0.0207. The zero-order valence-corrected chi connectivity index (χ0v) is 13.7. The van der Waals surface area contributed by atoms with Gasteiger partial charge in [-0.3, -0.25) is 0 Å². The van der Waals surface area contributed by atoms with Crippen molar-refractivity contribution in [1.82, 2.24) is 5.32 Å². The number of ether oxygens (including phenoxy) is 3. The summed E-state index contributed by atoms with van der Waals surface area (Å²) in [6.07, 6.45) is 0.0352. The minimum atomic E-state index is -0.736. The number of aliphatic hydroxyl groups is 2. The van der Waals surface area contributed by atoms with Crippen LogP contribution in [0, 0.1) is 0 Å². The first-order valence-corrected chi connectivity index (χ1v) is 7.47. The average molecular weight is 327 g/mol. The highest BCUT2D eigenvalue weighted by Crippen LogP contribution is 2.28. The van der Waals surface area contributed by atoms with E-state index in [1.165, 1.54) is 20.3 Å². The van der Waals surface area contributed by atoms with E-state index in [1.807, 2.05) is 6.92 Å². The van der Waals surface area contributed by atoms with Crippen molar-refractivity contribution in [3.05, 3.63) is 23.8 Å². The van der Waals surface area contributed by atoms with E-state index in [9.17, 15) is 9.90 Å². The fourth-order valence-corrected chi connectivity index (χ4v) is 1.92. The summed E-state index contributed by atoms with van der Waals surface area (Å²) in [6, 6.07) is 4.63. The lowest BCUT2D eigenvalue weighted by Crippen LogP contribution is -2.39. The maximum absolute atomic E-state index is 11.5. The molecule has 130 valence electrons. The molecule has 2 atom stereocenters. The lowest BCUT2D eigenvalue weighted by molar-refractivity contribution is 0.0600. The van der Waals surface area contributed by atoms with Crippen LogP contribution in [0.3, 0.4) is 0 Å². The molecule has 0 aliphatic carbocycles. The number of esters is 1. The van der Waals surface area contributed by atoms with Gasteiger partial charge in [-0.15, -0.1) is 0 Å². The lowest BCUT2D eigenvalue weighted by atomic mass is 10.2. The van der Waals surface area contributed by atoms with E-state index in [0.717, 1.165) is 6.42 Å². The van der Waals surface area contributed by atoms with Crippen LogP contribution in [0.15, 0.2) is 18.2 Å². The van der Waals surface area contributed by atoms with Crippen LogP contribution < -0.4 is 14.8 Å². The average Bonchev–Trinajstić information content (AvgIpc) is 2.59. The van der Waals surface area contributed by atoms with Gasteiger partial charge >= 0.3 is 5.97 Å². The standard InChI is InChI=1S/C16H25NO6/c1-4-12(9-18)17-8-13(19)10-23-14-6-5-11(16(20)22-3)7-15(14)21-2/h5-7,12-13,17-19H,4,8-10H2,1-3H3/t12-,13-/m1/s1. The van der Waals surface area contributed by atoms with E-state index in [-0.39, 0.29) is 19.3 Å². The molecule has 0 bridgehead atoms. The fourth-order valence-electron chi connectivity index (χ4n) is 1.92. The monoisotopic (exact) mass is 327 g/mol. The quantitative estimate of drug-likeness (QED) is 0.541. The summed E-state index contributed by atoms with van der Waals surface area (Å²) in [5.41, 5.74) is 0.354. The summed E-state index contributed by atoms with van der Waals surface area (Å²) >= 11 is 0. The van der Waals surface area contributed by atoms with Crippen LogP contribution in [0.2, 0.25) is 0 Å². The molecule has 1 aromatic rings. The molecule has 0 aromatic heterocycles. The first kappa shape index (κ1) is 19.2. The highest BCUT2D eigenvalue weighted by atomic mass is 16.5. The van der Waals surface area contributed by atoms with Gasteiger partial charge in [0.05, 0.1) is 26.4 Å². The van der Waals surface area contributed by atoms with Crippen molar-refractivity contribution in [3.8, 4) is 11.5 Å². The van der Waals surface area contributed by atoms with Gasteiger partial charge in [-0.05, 0) is 24.6 Å². The van der Waals surface area contributed by atoms with Crippen LogP contribution in [-0.4, -0.2) is 62.3 Å². The van der Waals surface area contributed by atoms with E-state index in [2.05, 4.69) is 10.1 Å². The van der Waals surface area contributed by atoms with Gasteiger partial charge in [-0.1, -0.05) is 6.92 Å². The molecular weight excluding hydrogens is 302 g/mol. The Bertz CT molecular complexity index is 489. The van der Waals surface area contributed by atoms with Crippen molar-refractivity contribution in [3.63, 3.8) is 0 Å². The maximum Gasteiger partial charge on any atom is 0.337 e. The Morgan fingerprint density at radius 1 is 1.30 bits per heavy atom. The lowest BCUT2D eigenvalue weighted by Gasteiger charge is -2.18. The van der Waals surface area contributed by atoms with Crippen LogP contribution in [0.25, 0.3) is 0 Å². The number of rotatable bonds is 10. The molecule has 1 rings (SSSR count). The number of hydrogen-bond donors (Lipinski definition) is 3. The summed E-state index contributed by atoms with van der Waals surface area (Å²) in [6.45, 7) is 2.34. The third-order valence-corrected chi connectivity index (χ3v) is 3.37. The number of carbonyl (C=O) groups excluding carboxylic acids is 1. The Hall–Kier alpha value is -1.83. The summed E-state index contributed by atoms with van der Waals surface area (Å²) in [7, 11) is 2.77. The Balaban J connectivity index is 2.58. The predicted octanol–water partition coefficient (Wildman–Crippen LogP) is 0.582. The second-order valence-electron chi connectivity index (χ2n) is 5.02. The van der Waals surface area contributed by atoms with E-state index in [0.29, 0.717) is 23.6 Å². The molecule has 0 spiro atoms. The number of hydrogen-bond acceptors (Lipinski definition) is 7. The summed E-state index contributed by atoms with van der Waals surface area (Å²) in [5.74, 6) is 0.344. The van der Waals surface area contributed by atoms with Crippen molar-refractivity contribution in [1.29, 1.82) is 0 Å². The molecule has 0 aliphatic rings. The van der Waals surface area contributed by atoms with Crippen LogP contribution in [0.5, 0.6) is 11.5 Å². The third kappa shape index (κ3) is 6.05. The summed E-state index contributed by atoms with van der Waals surface area (Å²) in [5, 5.41) is 22.0. The van der Waals surface area contributed by atoms with Gasteiger partial charge in [-0.25, -0.2) is 4.79 Å². The Morgan fingerprint density at radius 2 is 2.04 bits per heavy atom. The molecule has 0 heterocycles. The number of aliphatic hydroxyl groups excluding tert-OH is 2. The van der Waals surface area contributed by atoms with Gasteiger partial charge < -0.3 is 29.7 Å². The Morgan fingerprint density at radius 3 is 2.61 bits per heavy atom. The molecule has 0 amide bonds. The molecule has 3 N–H and O–H groups in total. The molecule has 0 aliphatic heterocycles. The Kier molecular flexibility index (Phi) is 8.39. The van der Waals surface area contributed by atoms with E-state index < -0.39 is 12.1 Å². The van der Waals surface area contributed by atoms with Crippen molar-refractivity contribution >= 4 is 5.97 Å². The smallest absolute Gasteiger partial charge is 0.337 e. The molecule has 7 nitrogen and oxygen atoms in total. The minimum Gasteiger partial charge on any atom is -0.493 e. The molecule has 0 saturated heterocycles. The predicted molar refractivity (Wildman–Crippen MR) is 85.0 cm³/mol. The largest absolute Gasteiger partial charge is 0.493 e. The number of methoxy groups -OCH3 is 2. The zero-order valence-electron chi connectivity index (χ0n) is 13.7. The highest BCUT2D eigenvalue weighted by Gasteiger charge is 2.14. The molecule has 1 aromatic carbocycles. The normalized spacial score (nSPS) is 13.3. The zero-order chi connectivity index (χ0) is 17.2. The van der Waals surface area contributed by atoms with Gasteiger partial charge in [0.1, 0.15) is 12.7 Å². The van der Waals surface area contributed by atoms with Crippen LogP contribution in [-0.2, 0) is 4.74 Å². The second kappa shape index (κ2) is 10.0. The van der Waals surface area contributed by atoms with Gasteiger partial charge in [0, 0.05) is 12.6 Å². The fraction of sp³-hybridized carbons (Fsp3) is 0.562. The molecule has 0 fully saturated rings. The molecule has 0 unspecified atom stereocenters. The highest BCUT2D eigenvalue weighted by molar-refractivity contribution is 5.90. The van der Waals surface area contributed by atoms with Crippen molar-refractivity contribution in [2.45, 2.75) is 25.5 Å². The van der Waals surface area contributed by atoms with Crippen molar-refractivity contribution < 1.29 is 29.2 Å². The maximum atomic E-state index is 11.5. The van der Waals surface area contributed by atoms with Gasteiger partial charge in [-0.2, -0.15) is 0 Å². The molecular formula is C16H25NO6. The second-order valence-corrected chi connectivity index (χ2v) is 5.02. The first-order chi connectivity index (χ1) is 11.0. The Labute approximate surface area is 136 Å². The van der Waals surface area contributed by atoms with Crippen molar-refractivity contribution in [2.75, 3.05) is 34.0 Å². The molecule has 0 saturated carbocycles. The summed E-state index contributed by atoms with van der Waals surface area (Å²) in [4.78, 5) is 11.5. The summed E-state index contributed by atoms with van der Waals surface area (Å²) < 4.78 is 15.4. The number of nitrogens with one attached hydrogen (secondary N) is 1. The molecule has 7 heteroatoms. The van der Waals surface area contributed by atoms with E-state index >= 15 is 0 Å². The van der Waals surface area contributed by atoms with E-state index in [1.54, 1.807) is 12.1 Å². The van der Waals surface area contributed by atoms with Crippen LogP contribution in [0.4, 0.5) is 0 Å². The van der Waals surface area contributed by atoms with E-state index in [4.69, 9.17) is 14.6 Å². The van der Waals surface area contributed by atoms with Gasteiger partial charge in [0.25, 0.3) is 0 Å². The van der Waals surface area contributed by atoms with Gasteiger partial charge in [0.2, 0.25) is 0 Å². The third-order valence-electron chi connectivity index (χ3n) is 3.37. The van der Waals surface area contributed by atoms with Gasteiger partial charge in [0.15, 0.2) is 11.5 Å². The number of benzene rings is 1. The molecule has 23 heavy (non-hydrogen) atoms. The first-order valence-electron chi connectivity index (χ1n) is 7.47. The molecule has 0 radical (unpaired) electrons.